The van der Waals surface area contributed by atoms with Gasteiger partial charge in [0.05, 0.1) is 0 Å². The Labute approximate surface area is 63.8 Å². The van der Waals surface area contributed by atoms with Crippen LogP contribution < -0.4 is 0 Å². The SMILES string of the molecule is CC(C)(C)C=[N+]1CCCC1. The number of hydrogen-bond donors (Lipinski definition) is 0. The van der Waals surface area contributed by atoms with Crippen LogP contribution in [0.1, 0.15) is 33.6 Å². The first-order chi connectivity index (χ1) is 4.58. The molecule has 1 aliphatic heterocycles. The largest absolute Gasteiger partial charge is 0.239 e. The molecule has 1 aliphatic rings. The van der Waals surface area contributed by atoms with Crippen molar-refractivity contribution in [2.24, 2.45) is 5.41 Å². The van der Waals surface area contributed by atoms with Gasteiger partial charge in [-0.15, -0.1) is 0 Å². The van der Waals surface area contributed by atoms with Gasteiger partial charge in [-0.2, -0.15) is 0 Å². The summed E-state index contributed by atoms with van der Waals surface area (Å²) in [4.78, 5) is 0. The average Bonchev–Trinajstić information content (AvgIpc) is 2.12. The minimum atomic E-state index is 0.365. The van der Waals surface area contributed by atoms with Crippen molar-refractivity contribution in [1.29, 1.82) is 0 Å². The Morgan fingerprint density at radius 1 is 1.10 bits per heavy atom. The summed E-state index contributed by atoms with van der Waals surface area (Å²) in [7, 11) is 0. The zero-order chi connectivity index (χ0) is 7.61. The highest BCUT2D eigenvalue weighted by molar-refractivity contribution is 5.58. The molecule has 0 aromatic carbocycles. The monoisotopic (exact) mass is 140 g/mol. The van der Waals surface area contributed by atoms with Gasteiger partial charge in [0.1, 0.15) is 19.3 Å². The van der Waals surface area contributed by atoms with Crippen LogP contribution in [0.25, 0.3) is 0 Å². The van der Waals surface area contributed by atoms with E-state index in [-0.39, 0.29) is 0 Å². The van der Waals surface area contributed by atoms with Gasteiger partial charge in [-0.25, -0.2) is 4.58 Å². The van der Waals surface area contributed by atoms with Crippen molar-refractivity contribution in [3.8, 4) is 0 Å². The van der Waals surface area contributed by atoms with Crippen LogP contribution in [0.3, 0.4) is 0 Å². The fraction of sp³-hybridized carbons (Fsp3) is 0.889. The van der Waals surface area contributed by atoms with Crippen molar-refractivity contribution in [3.63, 3.8) is 0 Å². The highest BCUT2D eigenvalue weighted by Crippen LogP contribution is 2.10. The Morgan fingerprint density at radius 3 is 2.00 bits per heavy atom. The Kier molecular flexibility index (Phi) is 2.12. The van der Waals surface area contributed by atoms with Crippen LogP contribution in [0, 0.1) is 5.41 Å². The van der Waals surface area contributed by atoms with E-state index in [2.05, 4.69) is 31.6 Å². The van der Waals surface area contributed by atoms with Crippen LogP contribution in [-0.2, 0) is 0 Å². The van der Waals surface area contributed by atoms with Crippen LogP contribution >= 0.6 is 0 Å². The third-order valence-electron chi connectivity index (χ3n) is 1.71. The van der Waals surface area contributed by atoms with Crippen molar-refractivity contribution in [3.05, 3.63) is 0 Å². The highest BCUT2D eigenvalue weighted by Gasteiger charge is 2.17. The maximum Gasteiger partial charge on any atom is 0.144 e. The predicted octanol–water partition coefficient (Wildman–Crippen LogP) is 1.91. The van der Waals surface area contributed by atoms with Crippen molar-refractivity contribution < 1.29 is 4.58 Å². The molecule has 0 spiro atoms. The summed E-state index contributed by atoms with van der Waals surface area (Å²) < 4.78 is 2.44. The van der Waals surface area contributed by atoms with E-state index in [1.165, 1.54) is 25.9 Å². The fourth-order valence-electron chi connectivity index (χ4n) is 1.42. The van der Waals surface area contributed by atoms with Crippen LogP contribution in [-0.4, -0.2) is 23.9 Å². The predicted molar refractivity (Wildman–Crippen MR) is 44.7 cm³/mol. The molecular formula is C9H18N+. The Bertz CT molecular complexity index is 131. The lowest BCUT2D eigenvalue weighted by atomic mass is 9.99. The molecule has 0 saturated carbocycles. The van der Waals surface area contributed by atoms with Gasteiger partial charge in [-0.1, -0.05) is 20.8 Å². The van der Waals surface area contributed by atoms with Crippen LogP contribution in [0.15, 0.2) is 0 Å². The summed E-state index contributed by atoms with van der Waals surface area (Å²) in [6.45, 7) is 9.32. The Balaban J connectivity index is 2.53. The molecule has 0 radical (unpaired) electrons. The summed E-state index contributed by atoms with van der Waals surface area (Å²) in [5, 5.41) is 0. The molecule has 1 heterocycles. The molecule has 0 bridgehead atoms. The first-order valence-corrected chi connectivity index (χ1v) is 4.18. The third kappa shape index (κ3) is 2.51. The van der Waals surface area contributed by atoms with Gasteiger partial charge in [0.15, 0.2) is 0 Å². The van der Waals surface area contributed by atoms with E-state index in [1.807, 2.05) is 0 Å². The second-order valence-corrected chi connectivity index (χ2v) is 4.24. The summed E-state index contributed by atoms with van der Waals surface area (Å²) in [5.74, 6) is 0. The minimum Gasteiger partial charge on any atom is -0.239 e. The van der Waals surface area contributed by atoms with E-state index in [0.717, 1.165) is 0 Å². The normalized spacial score (nSPS) is 19.7. The van der Waals surface area contributed by atoms with E-state index < -0.39 is 0 Å². The van der Waals surface area contributed by atoms with E-state index in [1.54, 1.807) is 0 Å². The van der Waals surface area contributed by atoms with Crippen molar-refractivity contribution >= 4 is 6.21 Å². The van der Waals surface area contributed by atoms with E-state index in [0.29, 0.717) is 5.41 Å². The van der Waals surface area contributed by atoms with E-state index >= 15 is 0 Å². The average molecular weight is 140 g/mol. The zero-order valence-electron chi connectivity index (χ0n) is 7.35. The third-order valence-corrected chi connectivity index (χ3v) is 1.71. The molecule has 1 rings (SSSR count). The first-order valence-electron chi connectivity index (χ1n) is 4.18. The van der Waals surface area contributed by atoms with Crippen LogP contribution in [0.4, 0.5) is 0 Å². The second-order valence-electron chi connectivity index (χ2n) is 4.24. The van der Waals surface area contributed by atoms with Crippen molar-refractivity contribution in [2.45, 2.75) is 33.6 Å². The number of nitrogens with zero attached hydrogens (tertiary/aromatic N) is 1. The van der Waals surface area contributed by atoms with Gasteiger partial charge in [0, 0.05) is 18.3 Å². The maximum absolute atomic E-state index is 2.44. The summed E-state index contributed by atoms with van der Waals surface area (Å²) in [6.07, 6.45) is 5.12. The molecule has 0 unspecified atom stereocenters. The van der Waals surface area contributed by atoms with Crippen LogP contribution in [0.5, 0.6) is 0 Å². The van der Waals surface area contributed by atoms with Gasteiger partial charge < -0.3 is 0 Å². The minimum absolute atomic E-state index is 0.365. The highest BCUT2D eigenvalue weighted by atomic mass is 15.0. The Morgan fingerprint density at radius 2 is 1.60 bits per heavy atom. The lowest BCUT2D eigenvalue weighted by Gasteiger charge is -2.07. The van der Waals surface area contributed by atoms with Gasteiger partial charge in [-0.05, 0) is 0 Å². The standard InChI is InChI=1S/C9H18N/c1-9(2,3)8-10-6-4-5-7-10/h8H,4-7H2,1-3H3/q+1. The number of rotatable bonds is 0. The van der Waals surface area contributed by atoms with E-state index in [9.17, 15) is 0 Å². The molecule has 0 aromatic rings. The zero-order valence-corrected chi connectivity index (χ0v) is 7.35. The lowest BCUT2D eigenvalue weighted by Crippen LogP contribution is -2.18. The molecule has 1 heteroatoms. The topological polar surface area (TPSA) is 3.01 Å². The smallest absolute Gasteiger partial charge is 0.144 e. The first kappa shape index (κ1) is 7.77. The molecule has 1 nitrogen and oxygen atoms in total. The van der Waals surface area contributed by atoms with Gasteiger partial charge in [0.25, 0.3) is 0 Å². The molecule has 58 valence electrons. The molecule has 0 atom stereocenters. The molecule has 0 amide bonds. The molecule has 0 aliphatic carbocycles. The molecule has 1 fully saturated rings. The van der Waals surface area contributed by atoms with Crippen molar-refractivity contribution in [1.82, 2.24) is 0 Å². The maximum atomic E-state index is 2.44. The summed E-state index contributed by atoms with van der Waals surface area (Å²) in [6, 6.07) is 0. The van der Waals surface area contributed by atoms with Gasteiger partial charge in [0.2, 0.25) is 0 Å². The van der Waals surface area contributed by atoms with E-state index in [4.69, 9.17) is 0 Å². The molecular weight excluding hydrogens is 122 g/mol. The van der Waals surface area contributed by atoms with Crippen LogP contribution in [0.2, 0.25) is 0 Å². The van der Waals surface area contributed by atoms with Gasteiger partial charge >= 0.3 is 0 Å². The summed E-state index contributed by atoms with van der Waals surface area (Å²) in [5.41, 5.74) is 0.365. The quantitative estimate of drug-likeness (QED) is 0.452. The Hall–Kier alpha value is -0.330. The molecule has 0 N–H and O–H groups in total. The second kappa shape index (κ2) is 2.73. The molecule has 1 saturated heterocycles. The number of hydrogen-bond acceptors (Lipinski definition) is 0. The molecule has 0 aromatic heterocycles. The lowest BCUT2D eigenvalue weighted by molar-refractivity contribution is -0.504. The fourth-order valence-corrected chi connectivity index (χ4v) is 1.42. The molecule has 10 heavy (non-hydrogen) atoms. The van der Waals surface area contributed by atoms with Gasteiger partial charge in [-0.3, -0.25) is 0 Å². The van der Waals surface area contributed by atoms with Crippen molar-refractivity contribution in [2.75, 3.05) is 13.1 Å². The summed E-state index contributed by atoms with van der Waals surface area (Å²) >= 11 is 0.